The topological polar surface area (TPSA) is 26.2 Å². The zero-order chi connectivity index (χ0) is 13.9. The van der Waals surface area contributed by atoms with E-state index in [1.165, 1.54) is 18.2 Å². The minimum absolute atomic E-state index is 0.329. The highest BCUT2D eigenvalue weighted by Gasteiger charge is 2.31. The molecule has 0 amide bonds. The Kier molecular flexibility index (Phi) is 3.69. The van der Waals surface area contributed by atoms with Gasteiger partial charge in [0.05, 0.1) is 5.56 Å². The molecular formula is C13H11F4N2+. The smallest absolute Gasteiger partial charge is 0.270 e. The van der Waals surface area contributed by atoms with Crippen molar-refractivity contribution in [3.63, 3.8) is 0 Å². The highest BCUT2D eigenvalue weighted by molar-refractivity contribution is 5.31. The molecule has 0 bridgehead atoms. The molecule has 2 N–H and O–H groups in total. The quantitative estimate of drug-likeness (QED) is 0.852. The lowest BCUT2D eigenvalue weighted by Gasteiger charge is -2.05. The Hall–Kier alpha value is -2.11. The van der Waals surface area contributed by atoms with E-state index in [1.807, 2.05) is 0 Å². The van der Waals surface area contributed by atoms with E-state index >= 15 is 0 Å². The molecule has 2 aromatic rings. The summed E-state index contributed by atoms with van der Waals surface area (Å²) in [5.41, 5.74) is 0.0922. The Balaban J connectivity index is 1.98. The second-order valence-corrected chi connectivity index (χ2v) is 3.97. The van der Waals surface area contributed by atoms with Crippen molar-refractivity contribution in [1.29, 1.82) is 0 Å². The van der Waals surface area contributed by atoms with Crippen LogP contribution in [0.1, 0.15) is 11.1 Å². The van der Waals surface area contributed by atoms with E-state index in [4.69, 9.17) is 0 Å². The number of halogens is 4. The van der Waals surface area contributed by atoms with Crippen molar-refractivity contribution in [2.75, 3.05) is 5.32 Å². The molecule has 0 aliphatic rings. The van der Waals surface area contributed by atoms with E-state index in [0.717, 1.165) is 17.8 Å². The van der Waals surface area contributed by atoms with Crippen molar-refractivity contribution in [3.8, 4) is 0 Å². The normalized spacial score (nSPS) is 11.4. The minimum Gasteiger partial charge on any atom is -0.270 e. The molecule has 0 aliphatic heterocycles. The fraction of sp³-hybridized carbons (Fsp3) is 0.154. The summed E-state index contributed by atoms with van der Waals surface area (Å²) in [6, 6.07) is 8.16. The number of H-pyrrole nitrogens is 1. The summed E-state index contributed by atoms with van der Waals surface area (Å²) in [6.45, 7) is 0.391. The standard InChI is InChI=1S/C13H10F4N2/c14-11-4-1-9(2-5-11)7-18-12-6-3-10(8-19-12)13(15,16)17/h1-6,8H,7H2,(H,18,19)/p+1. The first kappa shape index (κ1) is 13.3. The molecule has 0 saturated carbocycles. The van der Waals surface area contributed by atoms with Crippen LogP contribution in [0.4, 0.5) is 23.4 Å². The maximum Gasteiger partial charge on any atom is 0.419 e. The van der Waals surface area contributed by atoms with Crippen molar-refractivity contribution in [2.45, 2.75) is 12.7 Å². The lowest BCUT2D eigenvalue weighted by molar-refractivity contribution is -0.364. The van der Waals surface area contributed by atoms with Crippen molar-refractivity contribution in [1.82, 2.24) is 0 Å². The van der Waals surface area contributed by atoms with E-state index in [-0.39, 0.29) is 5.82 Å². The lowest BCUT2D eigenvalue weighted by atomic mass is 10.2. The van der Waals surface area contributed by atoms with Crippen LogP contribution in [0.15, 0.2) is 42.6 Å². The van der Waals surface area contributed by atoms with Gasteiger partial charge < -0.3 is 0 Å². The molecule has 19 heavy (non-hydrogen) atoms. The number of hydrogen-bond acceptors (Lipinski definition) is 1. The predicted octanol–water partition coefficient (Wildman–Crippen LogP) is 3.27. The van der Waals surface area contributed by atoms with E-state index in [9.17, 15) is 17.6 Å². The first-order valence-corrected chi connectivity index (χ1v) is 5.52. The summed E-state index contributed by atoms with van der Waals surface area (Å²) in [6.07, 6.45) is -3.46. The molecule has 0 saturated heterocycles. The molecule has 2 rings (SSSR count). The molecule has 1 aromatic heterocycles. The Morgan fingerprint density at radius 2 is 1.68 bits per heavy atom. The lowest BCUT2D eigenvalue weighted by Crippen LogP contribution is -2.16. The molecule has 0 unspecified atom stereocenters. The van der Waals surface area contributed by atoms with Crippen molar-refractivity contribution in [3.05, 3.63) is 59.5 Å². The number of alkyl halides is 3. The van der Waals surface area contributed by atoms with Gasteiger partial charge in [0.1, 0.15) is 18.6 Å². The monoisotopic (exact) mass is 271 g/mol. The third-order valence-electron chi connectivity index (χ3n) is 2.54. The summed E-state index contributed by atoms with van der Waals surface area (Å²) < 4.78 is 49.7. The van der Waals surface area contributed by atoms with Gasteiger partial charge in [-0.25, -0.2) is 9.37 Å². The molecule has 0 fully saturated rings. The number of benzene rings is 1. The minimum atomic E-state index is -4.36. The Morgan fingerprint density at radius 1 is 1.00 bits per heavy atom. The van der Waals surface area contributed by atoms with Gasteiger partial charge in [0.2, 0.25) is 0 Å². The van der Waals surface area contributed by atoms with Crippen LogP contribution in [0.5, 0.6) is 0 Å². The molecule has 6 heteroatoms. The Labute approximate surface area is 107 Å². The number of hydrogen-bond donors (Lipinski definition) is 1. The predicted molar refractivity (Wildman–Crippen MR) is 61.7 cm³/mol. The number of aromatic amines is 1. The maximum absolute atomic E-state index is 12.7. The van der Waals surface area contributed by atoms with Crippen LogP contribution < -0.4 is 10.3 Å². The highest BCUT2D eigenvalue weighted by Crippen LogP contribution is 2.28. The zero-order valence-electron chi connectivity index (χ0n) is 9.76. The van der Waals surface area contributed by atoms with Gasteiger partial charge in [0.25, 0.3) is 5.82 Å². The number of pyridine rings is 1. The van der Waals surface area contributed by atoms with Crippen LogP contribution in [0.25, 0.3) is 0 Å². The third-order valence-corrected chi connectivity index (χ3v) is 2.54. The van der Waals surface area contributed by atoms with Crippen LogP contribution in [0.2, 0.25) is 0 Å². The van der Waals surface area contributed by atoms with Gasteiger partial charge in [0.15, 0.2) is 0 Å². The molecule has 2 nitrogen and oxygen atoms in total. The molecule has 100 valence electrons. The first-order valence-electron chi connectivity index (χ1n) is 5.52. The van der Waals surface area contributed by atoms with Gasteiger partial charge in [-0.2, -0.15) is 13.2 Å². The second kappa shape index (κ2) is 5.26. The van der Waals surface area contributed by atoms with Gasteiger partial charge in [-0.05, 0) is 23.8 Å². The van der Waals surface area contributed by atoms with E-state index < -0.39 is 11.7 Å². The van der Waals surface area contributed by atoms with E-state index in [1.54, 1.807) is 12.1 Å². The van der Waals surface area contributed by atoms with Gasteiger partial charge in [-0.3, -0.25) is 5.32 Å². The molecule has 1 heterocycles. The summed E-state index contributed by atoms with van der Waals surface area (Å²) in [5, 5.41) is 2.91. The van der Waals surface area contributed by atoms with Crippen molar-refractivity contribution >= 4 is 5.82 Å². The molecule has 0 spiro atoms. The van der Waals surface area contributed by atoms with Gasteiger partial charge in [-0.1, -0.05) is 12.1 Å². The summed E-state index contributed by atoms with van der Waals surface area (Å²) >= 11 is 0. The van der Waals surface area contributed by atoms with E-state index in [0.29, 0.717) is 12.4 Å². The molecule has 0 aliphatic carbocycles. The second-order valence-electron chi connectivity index (χ2n) is 3.97. The molecule has 0 radical (unpaired) electrons. The average molecular weight is 271 g/mol. The van der Waals surface area contributed by atoms with Crippen LogP contribution in [0, 0.1) is 5.82 Å². The van der Waals surface area contributed by atoms with Crippen molar-refractivity contribution < 1.29 is 22.5 Å². The van der Waals surface area contributed by atoms with Crippen molar-refractivity contribution in [2.24, 2.45) is 0 Å². The fourth-order valence-electron chi connectivity index (χ4n) is 1.51. The number of nitrogens with one attached hydrogen (secondary N) is 2. The van der Waals surface area contributed by atoms with Crippen LogP contribution in [-0.2, 0) is 12.7 Å². The first-order chi connectivity index (χ1) is 8.95. The largest absolute Gasteiger partial charge is 0.419 e. The van der Waals surface area contributed by atoms with Gasteiger partial charge in [-0.15, -0.1) is 0 Å². The maximum atomic E-state index is 12.7. The summed E-state index contributed by atoms with van der Waals surface area (Å²) in [5.74, 6) is 0.127. The number of anilines is 1. The number of aromatic nitrogens is 1. The molecule has 1 aromatic carbocycles. The number of rotatable bonds is 3. The molecule has 0 atom stereocenters. The van der Waals surface area contributed by atoms with Crippen LogP contribution >= 0.6 is 0 Å². The fourth-order valence-corrected chi connectivity index (χ4v) is 1.51. The zero-order valence-corrected chi connectivity index (χ0v) is 9.76. The van der Waals surface area contributed by atoms with Gasteiger partial charge >= 0.3 is 6.18 Å². The average Bonchev–Trinajstić information content (AvgIpc) is 2.37. The van der Waals surface area contributed by atoms with E-state index in [2.05, 4.69) is 10.3 Å². The van der Waals surface area contributed by atoms with Gasteiger partial charge in [0, 0.05) is 6.07 Å². The third kappa shape index (κ3) is 3.67. The summed E-state index contributed by atoms with van der Waals surface area (Å²) in [4.78, 5) is 2.52. The van der Waals surface area contributed by atoms with Crippen LogP contribution in [0.3, 0.4) is 0 Å². The Bertz CT molecular complexity index is 532. The SMILES string of the molecule is Fc1ccc(CNc2ccc(C(F)(F)F)c[nH+]2)cc1. The Morgan fingerprint density at radius 3 is 2.21 bits per heavy atom. The van der Waals surface area contributed by atoms with Crippen LogP contribution in [-0.4, -0.2) is 0 Å². The summed E-state index contributed by atoms with van der Waals surface area (Å²) in [7, 11) is 0. The molecular weight excluding hydrogens is 260 g/mol. The highest BCUT2D eigenvalue weighted by atomic mass is 19.4.